The molecule has 1 aromatic heterocycles. The number of ether oxygens (including phenoxy) is 1. The van der Waals surface area contributed by atoms with E-state index in [9.17, 15) is 17.6 Å². The average molecular weight is 295 g/mol. The molecular weight excluding hydrogens is 278 g/mol. The van der Waals surface area contributed by atoms with Crippen molar-refractivity contribution in [3.63, 3.8) is 0 Å². The van der Waals surface area contributed by atoms with Gasteiger partial charge in [0.25, 0.3) is 0 Å². The molecule has 0 saturated heterocycles. The Labute approximate surface area is 114 Å². The highest BCUT2D eigenvalue weighted by molar-refractivity contribution is 5.23. The minimum absolute atomic E-state index is 0.199. The summed E-state index contributed by atoms with van der Waals surface area (Å²) in [5, 5.41) is 2.97. The van der Waals surface area contributed by atoms with Gasteiger partial charge in [-0.1, -0.05) is 0 Å². The van der Waals surface area contributed by atoms with Crippen LogP contribution < -0.4 is 5.32 Å². The van der Waals surface area contributed by atoms with Crippen LogP contribution in [0.1, 0.15) is 22.8 Å². The predicted octanol–water partition coefficient (Wildman–Crippen LogP) is 2.23. The molecule has 0 aromatic carbocycles. The predicted molar refractivity (Wildman–Crippen MR) is 64.9 cm³/mol. The second-order valence-corrected chi connectivity index (χ2v) is 4.37. The molecule has 0 saturated carbocycles. The number of alkyl halides is 4. The van der Waals surface area contributed by atoms with Crippen LogP contribution in [0, 0.1) is 13.8 Å². The van der Waals surface area contributed by atoms with E-state index >= 15 is 0 Å². The maximum absolute atomic E-state index is 12.6. The Bertz CT molecular complexity index is 431. The Morgan fingerprint density at radius 3 is 2.20 bits per heavy atom. The Hall–Kier alpha value is -1.28. The van der Waals surface area contributed by atoms with Gasteiger partial charge < -0.3 is 10.1 Å². The number of aryl methyl sites for hydroxylation is 2. The van der Waals surface area contributed by atoms with E-state index < -0.39 is 19.0 Å². The van der Waals surface area contributed by atoms with Gasteiger partial charge in [0.15, 0.2) is 5.82 Å². The van der Waals surface area contributed by atoms with E-state index in [1.54, 1.807) is 20.9 Å². The molecule has 0 spiro atoms. The number of nitrogens with one attached hydrogen (secondary N) is 1. The van der Waals surface area contributed by atoms with E-state index in [1.165, 1.54) is 0 Å². The molecule has 8 heteroatoms. The fourth-order valence-corrected chi connectivity index (χ4v) is 1.65. The van der Waals surface area contributed by atoms with Crippen molar-refractivity contribution in [3.05, 3.63) is 22.8 Å². The minimum atomic E-state index is -4.16. The highest BCUT2D eigenvalue weighted by Crippen LogP contribution is 2.23. The van der Waals surface area contributed by atoms with Gasteiger partial charge in [0.05, 0.1) is 0 Å². The largest absolute Gasteiger partial charge is 0.367 e. The van der Waals surface area contributed by atoms with Gasteiger partial charge in [-0.25, -0.2) is 18.7 Å². The van der Waals surface area contributed by atoms with Crippen molar-refractivity contribution in [2.45, 2.75) is 39.3 Å². The highest BCUT2D eigenvalue weighted by Gasteiger charge is 2.41. The number of hydrogen-bond acceptors (Lipinski definition) is 4. The van der Waals surface area contributed by atoms with Gasteiger partial charge in [0.1, 0.15) is 13.2 Å². The van der Waals surface area contributed by atoms with Crippen LogP contribution in [0.3, 0.4) is 0 Å². The van der Waals surface area contributed by atoms with Crippen LogP contribution in [0.15, 0.2) is 0 Å². The standard InChI is InChI=1S/C12H17F4N3O/c1-7-9(4-17-3)8(2)19-10(18-7)5-20-6-12(15,16)11(13)14/h11,17H,4-6H2,1-3H3. The lowest BCUT2D eigenvalue weighted by molar-refractivity contribution is -0.168. The molecule has 0 aliphatic heterocycles. The lowest BCUT2D eigenvalue weighted by Crippen LogP contribution is -2.32. The zero-order valence-electron chi connectivity index (χ0n) is 11.5. The summed E-state index contributed by atoms with van der Waals surface area (Å²) in [5.74, 6) is -3.96. The van der Waals surface area contributed by atoms with E-state index in [0.717, 1.165) is 5.56 Å². The minimum Gasteiger partial charge on any atom is -0.367 e. The normalized spacial score (nSPS) is 12.2. The van der Waals surface area contributed by atoms with Crippen molar-refractivity contribution in [2.75, 3.05) is 13.7 Å². The first-order chi connectivity index (χ1) is 9.27. The van der Waals surface area contributed by atoms with Gasteiger partial charge in [0, 0.05) is 23.5 Å². The summed E-state index contributed by atoms with van der Waals surface area (Å²) in [6.07, 6.45) is -3.75. The monoisotopic (exact) mass is 295 g/mol. The SMILES string of the molecule is CNCc1c(C)nc(COCC(F)(F)C(F)F)nc1C. The molecule has 0 aliphatic rings. The van der Waals surface area contributed by atoms with Crippen molar-refractivity contribution in [3.8, 4) is 0 Å². The molecule has 0 aliphatic carbocycles. The summed E-state index contributed by atoms with van der Waals surface area (Å²) in [5.41, 5.74) is 2.31. The molecule has 114 valence electrons. The van der Waals surface area contributed by atoms with Crippen LogP contribution in [0.5, 0.6) is 0 Å². The lowest BCUT2D eigenvalue weighted by Gasteiger charge is -2.15. The van der Waals surface area contributed by atoms with Gasteiger partial charge in [-0.3, -0.25) is 0 Å². The van der Waals surface area contributed by atoms with Crippen molar-refractivity contribution >= 4 is 0 Å². The first kappa shape index (κ1) is 16.8. The fraction of sp³-hybridized carbons (Fsp3) is 0.667. The Morgan fingerprint density at radius 2 is 1.75 bits per heavy atom. The second-order valence-electron chi connectivity index (χ2n) is 4.37. The number of nitrogens with zero attached hydrogens (tertiary/aromatic N) is 2. The van der Waals surface area contributed by atoms with Crippen LogP contribution in [-0.2, 0) is 17.9 Å². The number of halogens is 4. The van der Waals surface area contributed by atoms with Gasteiger partial charge >= 0.3 is 12.3 Å². The fourth-order valence-electron chi connectivity index (χ4n) is 1.65. The van der Waals surface area contributed by atoms with Gasteiger partial charge in [-0.05, 0) is 20.9 Å². The number of rotatable bonds is 7. The molecule has 20 heavy (non-hydrogen) atoms. The summed E-state index contributed by atoms with van der Waals surface area (Å²) in [6, 6.07) is 0. The number of hydrogen-bond donors (Lipinski definition) is 1. The zero-order chi connectivity index (χ0) is 15.3. The Balaban J connectivity index is 2.66. The van der Waals surface area contributed by atoms with E-state index in [0.29, 0.717) is 17.9 Å². The maximum Gasteiger partial charge on any atom is 0.330 e. The third-order valence-corrected chi connectivity index (χ3v) is 2.67. The highest BCUT2D eigenvalue weighted by atomic mass is 19.3. The molecule has 1 aromatic rings. The van der Waals surface area contributed by atoms with Crippen LogP contribution in [0.4, 0.5) is 17.6 Å². The van der Waals surface area contributed by atoms with Crippen LogP contribution in [0.25, 0.3) is 0 Å². The molecular formula is C12H17F4N3O. The van der Waals surface area contributed by atoms with E-state index in [4.69, 9.17) is 0 Å². The van der Waals surface area contributed by atoms with Crippen LogP contribution >= 0.6 is 0 Å². The smallest absolute Gasteiger partial charge is 0.330 e. The molecule has 0 unspecified atom stereocenters. The van der Waals surface area contributed by atoms with Crippen molar-refractivity contribution in [1.82, 2.24) is 15.3 Å². The molecule has 0 fully saturated rings. The summed E-state index contributed by atoms with van der Waals surface area (Å²) in [6.45, 7) is 2.42. The lowest BCUT2D eigenvalue weighted by atomic mass is 10.1. The third kappa shape index (κ3) is 4.38. The molecule has 0 atom stereocenters. The molecule has 4 nitrogen and oxygen atoms in total. The van der Waals surface area contributed by atoms with E-state index in [1.807, 2.05) is 0 Å². The molecule has 0 radical (unpaired) electrons. The molecule has 1 rings (SSSR count). The van der Waals surface area contributed by atoms with Crippen LogP contribution in [0.2, 0.25) is 0 Å². The molecule has 1 N–H and O–H groups in total. The third-order valence-electron chi connectivity index (χ3n) is 2.67. The molecule has 0 bridgehead atoms. The summed E-state index contributed by atoms with van der Waals surface area (Å²) >= 11 is 0. The van der Waals surface area contributed by atoms with E-state index in [2.05, 4.69) is 20.0 Å². The van der Waals surface area contributed by atoms with Gasteiger partial charge in [-0.2, -0.15) is 8.78 Å². The van der Waals surface area contributed by atoms with Crippen molar-refractivity contribution < 1.29 is 22.3 Å². The number of aromatic nitrogens is 2. The first-order valence-electron chi connectivity index (χ1n) is 5.99. The van der Waals surface area contributed by atoms with Crippen LogP contribution in [-0.4, -0.2) is 36.0 Å². The summed E-state index contributed by atoms with van der Waals surface area (Å²) < 4.78 is 53.8. The first-order valence-corrected chi connectivity index (χ1v) is 5.99. The second kappa shape index (κ2) is 6.94. The van der Waals surface area contributed by atoms with Gasteiger partial charge in [0.2, 0.25) is 0 Å². The van der Waals surface area contributed by atoms with E-state index in [-0.39, 0.29) is 12.4 Å². The molecule has 0 amide bonds. The quantitative estimate of drug-likeness (QED) is 0.784. The topological polar surface area (TPSA) is 47.0 Å². The van der Waals surface area contributed by atoms with Crippen molar-refractivity contribution in [1.29, 1.82) is 0 Å². The maximum atomic E-state index is 12.6. The summed E-state index contributed by atoms with van der Waals surface area (Å²) in [7, 11) is 1.78. The Kier molecular flexibility index (Phi) is 5.82. The van der Waals surface area contributed by atoms with Gasteiger partial charge in [-0.15, -0.1) is 0 Å². The summed E-state index contributed by atoms with van der Waals surface area (Å²) in [4.78, 5) is 8.22. The van der Waals surface area contributed by atoms with Crippen molar-refractivity contribution in [2.24, 2.45) is 0 Å². The average Bonchev–Trinajstić information content (AvgIpc) is 2.33. The zero-order valence-corrected chi connectivity index (χ0v) is 11.5. The Morgan fingerprint density at radius 1 is 1.20 bits per heavy atom. The molecule has 1 heterocycles.